The molecule has 2 rings (SSSR count). The number of amides is 1. The molecule has 0 radical (unpaired) electrons. The van der Waals surface area contributed by atoms with Gasteiger partial charge in [-0.15, -0.1) is 11.3 Å². The minimum absolute atomic E-state index is 0.0365. The van der Waals surface area contributed by atoms with Crippen LogP contribution in [0.4, 0.5) is 0 Å². The van der Waals surface area contributed by atoms with Gasteiger partial charge in [-0.3, -0.25) is 4.79 Å². The molecular formula is C12H18N2O3S2. The number of carbonyl (C=O) groups is 1. The first-order valence-electron chi connectivity index (χ1n) is 6.03. The van der Waals surface area contributed by atoms with Crippen LogP contribution < -0.4 is 10.5 Å². The van der Waals surface area contributed by atoms with E-state index in [1.54, 1.807) is 6.92 Å². The largest absolute Gasteiger partial charge is 0.351 e. The van der Waals surface area contributed by atoms with Crippen molar-refractivity contribution in [3.63, 3.8) is 0 Å². The predicted molar refractivity (Wildman–Crippen MR) is 74.7 cm³/mol. The molecule has 1 atom stereocenters. The third kappa shape index (κ3) is 3.16. The molecule has 7 heteroatoms. The van der Waals surface area contributed by atoms with Gasteiger partial charge in [0.1, 0.15) is 0 Å². The topological polar surface area (TPSA) is 89.3 Å². The van der Waals surface area contributed by atoms with Crippen molar-refractivity contribution in [2.75, 3.05) is 6.54 Å². The summed E-state index contributed by atoms with van der Waals surface area (Å²) in [6, 6.07) is 1.35. The third-order valence-electron chi connectivity index (χ3n) is 3.63. The van der Waals surface area contributed by atoms with Crippen molar-refractivity contribution in [1.82, 2.24) is 5.32 Å². The number of carbonyl (C=O) groups excluding carboxylic acids is 1. The first kappa shape index (κ1) is 14.5. The van der Waals surface area contributed by atoms with Gasteiger partial charge in [0.2, 0.25) is 10.0 Å². The summed E-state index contributed by atoms with van der Waals surface area (Å²) in [7, 11) is -3.75. The minimum atomic E-state index is -3.75. The molecule has 1 saturated carbocycles. The Morgan fingerprint density at radius 2 is 2.16 bits per heavy atom. The molecule has 0 aliphatic heterocycles. The van der Waals surface area contributed by atoms with Gasteiger partial charge >= 0.3 is 0 Å². The van der Waals surface area contributed by atoms with E-state index < -0.39 is 10.0 Å². The average molecular weight is 302 g/mol. The second kappa shape index (κ2) is 4.57. The Balaban J connectivity index is 2.04. The molecule has 106 valence electrons. The van der Waals surface area contributed by atoms with Crippen LogP contribution in [-0.4, -0.2) is 20.9 Å². The Hall–Kier alpha value is -0.920. The maximum absolute atomic E-state index is 11.9. The molecule has 1 aliphatic carbocycles. The number of hydrogen-bond acceptors (Lipinski definition) is 4. The summed E-state index contributed by atoms with van der Waals surface area (Å²) in [5.41, 5.74) is 0.310. The molecule has 1 aromatic rings. The van der Waals surface area contributed by atoms with E-state index >= 15 is 0 Å². The van der Waals surface area contributed by atoms with Crippen molar-refractivity contribution in [3.8, 4) is 0 Å². The highest BCUT2D eigenvalue weighted by molar-refractivity contribution is 7.89. The normalized spacial score (nSPS) is 21.2. The van der Waals surface area contributed by atoms with Crippen molar-refractivity contribution < 1.29 is 13.2 Å². The van der Waals surface area contributed by atoms with Crippen LogP contribution in [0.1, 0.15) is 34.8 Å². The Morgan fingerprint density at radius 1 is 1.58 bits per heavy atom. The molecule has 1 unspecified atom stereocenters. The van der Waals surface area contributed by atoms with E-state index in [0.717, 1.165) is 17.8 Å². The molecule has 0 saturated heterocycles. The summed E-state index contributed by atoms with van der Waals surface area (Å²) in [5.74, 6) is 0.279. The summed E-state index contributed by atoms with van der Waals surface area (Å²) < 4.78 is 22.6. The zero-order chi connectivity index (χ0) is 14.4. The highest BCUT2D eigenvalue weighted by Gasteiger charge is 2.45. The van der Waals surface area contributed by atoms with Gasteiger partial charge in [-0.2, -0.15) is 0 Å². The molecule has 19 heavy (non-hydrogen) atoms. The van der Waals surface area contributed by atoms with Crippen LogP contribution in [0.3, 0.4) is 0 Å². The quantitative estimate of drug-likeness (QED) is 0.883. The van der Waals surface area contributed by atoms with Crippen molar-refractivity contribution in [3.05, 3.63) is 15.8 Å². The third-order valence-corrected chi connectivity index (χ3v) is 5.84. The lowest BCUT2D eigenvalue weighted by Gasteiger charge is -2.04. The van der Waals surface area contributed by atoms with Gasteiger partial charge in [-0.1, -0.05) is 13.8 Å². The van der Waals surface area contributed by atoms with Gasteiger partial charge in [0.05, 0.1) is 9.77 Å². The molecule has 0 aromatic carbocycles. The first-order chi connectivity index (χ1) is 8.61. The van der Waals surface area contributed by atoms with Crippen molar-refractivity contribution in [2.45, 2.75) is 32.1 Å². The van der Waals surface area contributed by atoms with Crippen LogP contribution in [0, 0.1) is 18.3 Å². The van der Waals surface area contributed by atoms with Gasteiger partial charge in [0.25, 0.3) is 5.91 Å². The Morgan fingerprint density at radius 3 is 2.58 bits per heavy atom. The lowest BCUT2D eigenvalue weighted by Crippen LogP contribution is -2.25. The Bertz CT molecular complexity index is 617. The van der Waals surface area contributed by atoms with E-state index in [-0.39, 0.29) is 10.8 Å². The smallest absolute Gasteiger partial charge is 0.261 e. The summed E-state index contributed by atoms with van der Waals surface area (Å²) in [6.45, 7) is 6.61. The number of hydrogen-bond donors (Lipinski definition) is 2. The minimum Gasteiger partial charge on any atom is -0.351 e. The first-order valence-corrected chi connectivity index (χ1v) is 8.39. The van der Waals surface area contributed by atoms with Gasteiger partial charge in [-0.25, -0.2) is 13.6 Å². The van der Waals surface area contributed by atoms with Crippen molar-refractivity contribution >= 4 is 27.3 Å². The maximum atomic E-state index is 11.9. The van der Waals surface area contributed by atoms with Gasteiger partial charge in [0.15, 0.2) is 0 Å². The number of sulfonamides is 1. The maximum Gasteiger partial charge on any atom is 0.261 e. The lowest BCUT2D eigenvalue weighted by atomic mass is 10.1. The number of nitrogens with two attached hydrogens (primary N) is 1. The molecule has 1 aliphatic rings. The fourth-order valence-electron chi connectivity index (χ4n) is 2.09. The molecule has 1 heterocycles. The van der Waals surface area contributed by atoms with Crippen molar-refractivity contribution in [1.29, 1.82) is 0 Å². The fraction of sp³-hybridized carbons (Fsp3) is 0.583. The summed E-state index contributed by atoms with van der Waals surface area (Å²) in [6.07, 6.45) is 1.11. The summed E-state index contributed by atoms with van der Waals surface area (Å²) >= 11 is 1.15. The second-order valence-electron chi connectivity index (χ2n) is 5.68. The molecule has 0 spiro atoms. The second-order valence-corrected chi connectivity index (χ2v) is 8.46. The number of nitrogens with one attached hydrogen (secondary N) is 1. The van der Waals surface area contributed by atoms with Crippen LogP contribution >= 0.6 is 11.3 Å². The monoisotopic (exact) mass is 302 g/mol. The Kier molecular flexibility index (Phi) is 3.49. The van der Waals surface area contributed by atoms with Gasteiger partial charge in [0, 0.05) is 11.4 Å². The summed E-state index contributed by atoms with van der Waals surface area (Å²) in [5, 5.41) is 7.93. The number of aryl methyl sites for hydroxylation is 1. The van der Waals surface area contributed by atoms with E-state index in [1.807, 2.05) is 0 Å². The van der Waals surface area contributed by atoms with Crippen molar-refractivity contribution in [2.24, 2.45) is 16.5 Å². The zero-order valence-electron chi connectivity index (χ0n) is 11.2. The number of primary sulfonamides is 1. The Labute approximate surface area is 117 Å². The molecule has 1 aromatic heterocycles. The molecule has 0 bridgehead atoms. The van der Waals surface area contributed by atoms with E-state index in [0.29, 0.717) is 27.6 Å². The standard InChI is InChI=1S/C12H18N2O3S2/c1-7-10(19(13,16)17)4-9(18-7)11(15)14-6-8-5-12(8,2)3/h4,8H,5-6H2,1-3H3,(H,14,15)(H2,13,16,17). The zero-order valence-corrected chi connectivity index (χ0v) is 12.8. The van der Waals surface area contributed by atoms with E-state index in [2.05, 4.69) is 19.2 Å². The average Bonchev–Trinajstić information content (AvgIpc) is 2.69. The van der Waals surface area contributed by atoms with Crippen LogP contribution in [0.25, 0.3) is 0 Å². The SMILES string of the molecule is Cc1sc(C(=O)NCC2CC2(C)C)cc1S(N)(=O)=O. The molecular weight excluding hydrogens is 284 g/mol. The van der Waals surface area contributed by atoms with Crippen LogP contribution in [0.15, 0.2) is 11.0 Å². The van der Waals surface area contributed by atoms with E-state index in [4.69, 9.17) is 5.14 Å². The molecule has 5 nitrogen and oxygen atoms in total. The van der Waals surface area contributed by atoms with Crippen LogP contribution in [0.2, 0.25) is 0 Å². The highest BCUT2D eigenvalue weighted by Crippen LogP contribution is 2.51. The molecule has 1 fully saturated rings. The van der Waals surface area contributed by atoms with Gasteiger partial charge in [-0.05, 0) is 30.7 Å². The van der Waals surface area contributed by atoms with Crippen LogP contribution in [-0.2, 0) is 10.0 Å². The van der Waals surface area contributed by atoms with Crippen LogP contribution in [0.5, 0.6) is 0 Å². The van der Waals surface area contributed by atoms with E-state index in [1.165, 1.54) is 6.07 Å². The lowest BCUT2D eigenvalue weighted by molar-refractivity contribution is 0.0954. The summed E-state index contributed by atoms with van der Waals surface area (Å²) in [4.78, 5) is 12.9. The molecule has 3 N–H and O–H groups in total. The highest BCUT2D eigenvalue weighted by atomic mass is 32.2. The number of rotatable bonds is 4. The fourth-order valence-corrected chi connectivity index (χ4v) is 4.15. The van der Waals surface area contributed by atoms with E-state index in [9.17, 15) is 13.2 Å². The van der Waals surface area contributed by atoms with Gasteiger partial charge < -0.3 is 5.32 Å². The predicted octanol–water partition coefficient (Wildman–Crippen LogP) is 1.48. The number of thiophene rings is 1. The molecule has 1 amide bonds.